The first-order valence-electron chi connectivity index (χ1n) is 29.1. The maximum absolute atomic E-state index is 2.65. The fourth-order valence-corrected chi connectivity index (χ4v) is 12.2. The van der Waals surface area contributed by atoms with Crippen LogP contribution in [0.15, 0.2) is 188 Å². The summed E-state index contributed by atoms with van der Waals surface area (Å²) in [5.41, 5.74) is 28.0. The summed E-state index contributed by atoms with van der Waals surface area (Å²) in [6.07, 6.45) is 0. The van der Waals surface area contributed by atoms with Crippen LogP contribution in [-0.4, -0.2) is 6.71 Å². The zero-order valence-corrected chi connectivity index (χ0v) is 50.8. The first-order chi connectivity index (χ1) is 37.6. The first kappa shape index (κ1) is 54.4. The number of nitrogens with zero attached hydrogens (tertiary/aromatic N) is 3. The van der Waals surface area contributed by atoms with Gasteiger partial charge in [-0.05, 0) is 174 Å². The maximum Gasteiger partial charge on any atom is 0.252 e. The lowest BCUT2D eigenvalue weighted by atomic mass is 9.33. The number of anilines is 9. The minimum absolute atomic E-state index is 0.00509. The number of benzene rings is 9. The number of aryl methyl sites for hydroxylation is 2. The number of hydrogen-bond acceptors (Lipinski definition) is 3. The Hall–Kier alpha value is -7.56. The lowest BCUT2D eigenvalue weighted by Gasteiger charge is -2.46. The molecule has 2 heterocycles. The number of hydrogen-bond donors (Lipinski definition) is 0. The van der Waals surface area contributed by atoms with Gasteiger partial charge in [0.15, 0.2) is 0 Å². The van der Waals surface area contributed by atoms with Crippen LogP contribution in [0.2, 0.25) is 0 Å². The number of fused-ring (bicyclic) bond motifs is 4. The van der Waals surface area contributed by atoms with Crippen molar-refractivity contribution in [3.63, 3.8) is 0 Å². The van der Waals surface area contributed by atoms with Crippen LogP contribution in [0.4, 0.5) is 51.2 Å². The van der Waals surface area contributed by atoms with Crippen molar-refractivity contribution in [3.05, 3.63) is 227 Å². The predicted molar refractivity (Wildman–Crippen MR) is 349 cm³/mol. The summed E-state index contributed by atoms with van der Waals surface area (Å²) in [6, 6.07) is 72.8. The van der Waals surface area contributed by atoms with Gasteiger partial charge in [-0.2, -0.15) is 0 Å². The summed E-state index contributed by atoms with van der Waals surface area (Å²) in [5.74, 6) is 0. The van der Waals surface area contributed by atoms with Crippen LogP contribution in [0.25, 0.3) is 22.3 Å². The van der Waals surface area contributed by atoms with Gasteiger partial charge < -0.3 is 14.7 Å². The smallest absolute Gasteiger partial charge is 0.252 e. The zero-order valence-electron chi connectivity index (χ0n) is 50.8. The Morgan fingerprint density at radius 3 is 1.29 bits per heavy atom. The van der Waals surface area contributed by atoms with E-state index < -0.39 is 0 Å². The Labute approximate surface area is 480 Å². The molecule has 0 unspecified atom stereocenters. The second-order valence-electron chi connectivity index (χ2n) is 28.2. The lowest BCUT2D eigenvalue weighted by Crippen LogP contribution is -2.61. The standard InChI is InChI=1S/C76H82BN3/c1-49-23-39-65(50(2)43-49)78(59-35-26-52(27-36-59)51-21-19-18-20-22-51)61-47-69-71-70(48-61)80(66-40-32-56(74(9,10)11)44-62(66)53-24-28-54(29-25-53)72(3,4)5)68-42-34-58(76(15,16)17)46-64(68)77(71)63-45-57(75(12,13)14)33-41-67(63)79(69)60-37-30-55(31-38-60)73(6,7)8/h18-48H,1-17H3. The summed E-state index contributed by atoms with van der Waals surface area (Å²) >= 11 is 0. The average Bonchev–Trinajstić information content (AvgIpc) is 3.55. The van der Waals surface area contributed by atoms with E-state index in [1.807, 2.05) is 0 Å². The van der Waals surface area contributed by atoms with Crippen molar-refractivity contribution < 1.29 is 0 Å². The summed E-state index contributed by atoms with van der Waals surface area (Å²) in [5, 5.41) is 0. The fraction of sp³-hybridized carbons (Fsp3) is 0.289. The summed E-state index contributed by atoms with van der Waals surface area (Å²) in [4.78, 5) is 7.76. The molecule has 9 aromatic rings. The Morgan fingerprint density at radius 1 is 0.338 bits per heavy atom. The molecule has 80 heavy (non-hydrogen) atoms. The van der Waals surface area contributed by atoms with Crippen molar-refractivity contribution in [2.24, 2.45) is 0 Å². The molecule has 0 fully saturated rings. The average molecular weight is 1050 g/mol. The van der Waals surface area contributed by atoms with E-state index in [2.05, 4.69) is 320 Å². The highest BCUT2D eigenvalue weighted by Gasteiger charge is 2.45. The summed E-state index contributed by atoms with van der Waals surface area (Å²) in [6.45, 7) is 39.4. The van der Waals surface area contributed by atoms with Crippen LogP contribution < -0.4 is 31.1 Å². The van der Waals surface area contributed by atoms with E-state index in [9.17, 15) is 0 Å². The van der Waals surface area contributed by atoms with Gasteiger partial charge in [0.1, 0.15) is 0 Å². The zero-order chi connectivity index (χ0) is 57.0. The van der Waals surface area contributed by atoms with Crippen molar-refractivity contribution in [1.82, 2.24) is 0 Å². The largest absolute Gasteiger partial charge is 0.311 e. The third kappa shape index (κ3) is 9.99. The molecule has 0 saturated heterocycles. The molecule has 0 bridgehead atoms. The molecule has 0 saturated carbocycles. The van der Waals surface area contributed by atoms with E-state index in [0.717, 1.165) is 28.4 Å². The third-order valence-corrected chi connectivity index (χ3v) is 17.0. The maximum atomic E-state index is 2.65. The van der Waals surface area contributed by atoms with Crippen molar-refractivity contribution in [3.8, 4) is 22.3 Å². The van der Waals surface area contributed by atoms with Crippen LogP contribution in [0.5, 0.6) is 0 Å². The third-order valence-electron chi connectivity index (χ3n) is 17.0. The highest BCUT2D eigenvalue weighted by atomic mass is 15.2. The van der Waals surface area contributed by atoms with Crippen LogP contribution in [-0.2, 0) is 27.1 Å². The van der Waals surface area contributed by atoms with Crippen LogP contribution in [0.3, 0.4) is 0 Å². The molecular formula is C76H82BN3. The molecule has 11 rings (SSSR count). The van der Waals surface area contributed by atoms with Gasteiger partial charge >= 0.3 is 0 Å². The molecule has 0 aliphatic carbocycles. The van der Waals surface area contributed by atoms with Gasteiger partial charge in [-0.1, -0.05) is 231 Å². The van der Waals surface area contributed by atoms with Crippen LogP contribution >= 0.6 is 0 Å². The molecule has 0 spiro atoms. The topological polar surface area (TPSA) is 9.72 Å². The highest BCUT2D eigenvalue weighted by Crippen LogP contribution is 2.51. The van der Waals surface area contributed by atoms with Gasteiger partial charge in [0.25, 0.3) is 6.71 Å². The van der Waals surface area contributed by atoms with Gasteiger partial charge in [-0.3, -0.25) is 0 Å². The molecule has 0 amide bonds. The summed E-state index contributed by atoms with van der Waals surface area (Å²) < 4.78 is 0. The van der Waals surface area contributed by atoms with Crippen molar-refractivity contribution in [2.75, 3.05) is 14.7 Å². The Bertz CT molecular complexity index is 3790. The molecule has 3 nitrogen and oxygen atoms in total. The molecule has 2 aliphatic rings. The molecule has 4 heteroatoms. The first-order valence-corrected chi connectivity index (χ1v) is 29.1. The second kappa shape index (κ2) is 19.6. The van der Waals surface area contributed by atoms with Gasteiger partial charge in [-0.15, -0.1) is 0 Å². The molecule has 404 valence electrons. The Balaban J connectivity index is 1.29. The van der Waals surface area contributed by atoms with Crippen molar-refractivity contribution in [1.29, 1.82) is 0 Å². The van der Waals surface area contributed by atoms with Crippen molar-refractivity contribution in [2.45, 2.75) is 145 Å². The fourth-order valence-electron chi connectivity index (χ4n) is 12.2. The van der Waals surface area contributed by atoms with E-state index in [-0.39, 0.29) is 33.8 Å². The normalized spacial score (nSPS) is 13.5. The van der Waals surface area contributed by atoms with E-state index in [4.69, 9.17) is 0 Å². The molecule has 0 aromatic heterocycles. The molecule has 0 radical (unpaired) electrons. The van der Waals surface area contributed by atoms with E-state index >= 15 is 0 Å². The molecular weight excluding hydrogens is 966 g/mol. The Kier molecular flexibility index (Phi) is 13.3. The second-order valence-corrected chi connectivity index (χ2v) is 28.2. The quantitative estimate of drug-likeness (QED) is 0.147. The van der Waals surface area contributed by atoms with Gasteiger partial charge in [0, 0.05) is 45.4 Å². The molecule has 2 aliphatic heterocycles. The minimum Gasteiger partial charge on any atom is -0.311 e. The van der Waals surface area contributed by atoms with E-state index in [1.54, 1.807) is 0 Å². The summed E-state index contributed by atoms with van der Waals surface area (Å²) in [7, 11) is 0. The monoisotopic (exact) mass is 1050 g/mol. The molecule has 0 atom stereocenters. The number of rotatable bonds is 7. The minimum atomic E-state index is -0.0881. The van der Waals surface area contributed by atoms with Crippen molar-refractivity contribution >= 4 is 74.3 Å². The van der Waals surface area contributed by atoms with Crippen LogP contribution in [0.1, 0.15) is 143 Å². The van der Waals surface area contributed by atoms with Gasteiger partial charge in [0.05, 0.1) is 11.4 Å². The Morgan fingerprint density at radius 2 is 0.775 bits per heavy atom. The lowest BCUT2D eigenvalue weighted by molar-refractivity contribution is 0.590. The van der Waals surface area contributed by atoms with E-state index in [1.165, 1.54) is 100 Å². The molecule has 0 N–H and O–H groups in total. The van der Waals surface area contributed by atoms with E-state index in [0.29, 0.717) is 0 Å². The van der Waals surface area contributed by atoms with Gasteiger partial charge in [-0.25, -0.2) is 0 Å². The predicted octanol–water partition coefficient (Wildman–Crippen LogP) is 19.7. The van der Waals surface area contributed by atoms with Gasteiger partial charge in [0.2, 0.25) is 0 Å². The highest BCUT2D eigenvalue weighted by molar-refractivity contribution is 7.00. The molecule has 9 aromatic carbocycles. The SMILES string of the molecule is Cc1ccc(N(c2ccc(-c3ccccc3)cc2)c2cc3c4c(c2)N(c2ccc(C(C)(C)C)cc2-c2ccc(C(C)(C)C)cc2)c2ccc(C(C)(C)C)cc2B4c2cc(C(C)(C)C)ccc2N3c2ccc(C(C)(C)C)cc2)c(C)c1. The van der Waals surface area contributed by atoms with Crippen LogP contribution in [0, 0.1) is 13.8 Å².